The number of likely N-dealkylation sites (tertiary alicyclic amines) is 1. The number of carbonyl (C=O) groups is 1. The van der Waals surface area contributed by atoms with Crippen LogP contribution in [-0.4, -0.2) is 41.7 Å². The Morgan fingerprint density at radius 1 is 1.38 bits per heavy atom. The summed E-state index contributed by atoms with van der Waals surface area (Å²) in [6.07, 6.45) is 2.60. The van der Waals surface area contributed by atoms with Crippen LogP contribution in [0.1, 0.15) is 37.3 Å². The first kappa shape index (κ1) is 15.8. The van der Waals surface area contributed by atoms with Gasteiger partial charge in [0.05, 0.1) is 19.1 Å². The molecule has 1 unspecified atom stereocenters. The smallest absolute Gasteiger partial charge is 0.227 e. The highest BCUT2D eigenvalue weighted by Crippen LogP contribution is 2.24. The van der Waals surface area contributed by atoms with Crippen molar-refractivity contribution in [2.24, 2.45) is 0 Å². The molecule has 116 valence electrons. The molecule has 1 fully saturated rings. The third-order valence-electron chi connectivity index (χ3n) is 4.19. The van der Waals surface area contributed by atoms with Crippen LogP contribution >= 0.6 is 0 Å². The van der Waals surface area contributed by atoms with Crippen molar-refractivity contribution >= 4 is 5.91 Å². The monoisotopic (exact) mass is 291 g/mol. The summed E-state index contributed by atoms with van der Waals surface area (Å²) in [5, 5.41) is 10.1. The average Bonchev–Trinajstić information content (AvgIpc) is 2.60. The van der Waals surface area contributed by atoms with Gasteiger partial charge in [0.25, 0.3) is 0 Å². The Morgan fingerprint density at radius 3 is 2.86 bits per heavy atom. The number of ether oxygens (including phenoxy) is 1. The Labute approximate surface area is 126 Å². The van der Waals surface area contributed by atoms with Crippen molar-refractivity contribution in [3.05, 3.63) is 29.3 Å². The SMILES string of the molecule is COc1ccc(C)cc1CC(=O)N1CCCC(C)(O)CC1. The topological polar surface area (TPSA) is 49.8 Å². The molecule has 1 aliphatic rings. The molecule has 0 aliphatic carbocycles. The van der Waals surface area contributed by atoms with E-state index in [-0.39, 0.29) is 5.91 Å². The van der Waals surface area contributed by atoms with Crippen molar-refractivity contribution in [1.82, 2.24) is 4.90 Å². The van der Waals surface area contributed by atoms with Gasteiger partial charge in [-0.05, 0) is 39.2 Å². The fourth-order valence-corrected chi connectivity index (χ4v) is 2.83. The number of nitrogens with zero attached hydrogens (tertiary/aromatic N) is 1. The molecule has 1 aliphatic heterocycles. The molecule has 0 aromatic heterocycles. The Morgan fingerprint density at radius 2 is 2.14 bits per heavy atom. The Kier molecular flexibility index (Phi) is 4.88. The third-order valence-corrected chi connectivity index (χ3v) is 4.19. The number of rotatable bonds is 3. The van der Waals surface area contributed by atoms with Crippen molar-refractivity contribution in [2.45, 2.75) is 45.1 Å². The normalized spacial score (nSPS) is 22.8. The summed E-state index contributed by atoms with van der Waals surface area (Å²) in [5.41, 5.74) is 1.41. The second-order valence-electron chi connectivity index (χ2n) is 6.22. The minimum Gasteiger partial charge on any atom is -0.496 e. The Bertz CT molecular complexity index is 511. The second kappa shape index (κ2) is 6.48. The van der Waals surface area contributed by atoms with Crippen molar-refractivity contribution in [1.29, 1.82) is 0 Å². The van der Waals surface area contributed by atoms with Gasteiger partial charge in [-0.25, -0.2) is 0 Å². The van der Waals surface area contributed by atoms with Crippen LogP contribution in [0.5, 0.6) is 5.75 Å². The van der Waals surface area contributed by atoms with E-state index >= 15 is 0 Å². The standard InChI is InChI=1S/C17H25NO3/c1-13-5-6-15(21-3)14(11-13)12-16(19)18-9-4-7-17(2,20)8-10-18/h5-6,11,20H,4,7-10,12H2,1-3H3. The first-order valence-electron chi connectivity index (χ1n) is 7.55. The lowest BCUT2D eigenvalue weighted by Crippen LogP contribution is -2.34. The van der Waals surface area contributed by atoms with E-state index in [1.165, 1.54) is 0 Å². The van der Waals surface area contributed by atoms with Crippen LogP contribution in [0.25, 0.3) is 0 Å². The van der Waals surface area contributed by atoms with Crippen molar-refractivity contribution in [2.75, 3.05) is 20.2 Å². The van der Waals surface area contributed by atoms with Crippen molar-refractivity contribution in [3.63, 3.8) is 0 Å². The summed E-state index contributed by atoms with van der Waals surface area (Å²) in [7, 11) is 1.63. The molecule has 1 aromatic rings. The zero-order valence-electron chi connectivity index (χ0n) is 13.2. The molecule has 1 N–H and O–H groups in total. The lowest BCUT2D eigenvalue weighted by atomic mass is 9.98. The molecule has 1 heterocycles. The molecular formula is C17H25NO3. The maximum absolute atomic E-state index is 12.5. The van der Waals surface area contributed by atoms with Gasteiger partial charge in [-0.15, -0.1) is 0 Å². The van der Waals surface area contributed by atoms with E-state index in [0.717, 1.165) is 36.3 Å². The lowest BCUT2D eigenvalue weighted by Gasteiger charge is -2.23. The fraction of sp³-hybridized carbons (Fsp3) is 0.588. The number of methoxy groups -OCH3 is 1. The maximum atomic E-state index is 12.5. The third kappa shape index (κ3) is 4.21. The molecule has 1 saturated heterocycles. The summed E-state index contributed by atoms with van der Waals surface area (Å²) in [5.74, 6) is 0.868. The largest absolute Gasteiger partial charge is 0.496 e. The molecule has 0 radical (unpaired) electrons. The van der Waals surface area contributed by atoms with Crippen LogP contribution < -0.4 is 4.74 Å². The van der Waals surface area contributed by atoms with Crippen molar-refractivity contribution < 1.29 is 14.6 Å². The van der Waals surface area contributed by atoms with E-state index < -0.39 is 5.60 Å². The van der Waals surface area contributed by atoms with E-state index in [9.17, 15) is 9.90 Å². The number of aliphatic hydroxyl groups is 1. The molecule has 21 heavy (non-hydrogen) atoms. The van der Waals surface area contributed by atoms with Gasteiger partial charge in [0, 0.05) is 18.7 Å². The van der Waals surface area contributed by atoms with Crippen LogP contribution in [0, 0.1) is 6.92 Å². The molecule has 0 saturated carbocycles. The first-order chi connectivity index (χ1) is 9.91. The van der Waals surface area contributed by atoms with Gasteiger partial charge in [0.1, 0.15) is 5.75 Å². The zero-order chi connectivity index (χ0) is 15.5. The molecule has 4 nitrogen and oxygen atoms in total. The highest BCUT2D eigenvalue weighted by Gasteiger charge is 2.27. The van der Waals surface area contributed by atoms with Crippen molar-refractivity contribution in [3.8, 4) is 5.75 Å². The quantitative estimate of drug-likeness (QED) is 0.929. The highest BCUT2D eigenvalue weighted by atomic mass is 16.5. The Balaban J connectivity index is 2.06. The van der Waals surface area contributed by atoms with E-state index in [4.69, 9.17) is 4.74 Å². The molecule has 4 heteroatoms. The molecular weight excluding hydrogens is 266 g/mol. The van der Waals surface area contributed by atoms with Crippen LogP contribution in [0.3, 0.4) is 0 Å². The van der Waals surface area contributed by atoms with E-state index in [1.54, 1.807) is 7.11 Å². The number of hydrogen-bond acceptors (Lipinski definition) is 3. The van der Waals surface area contributed by atoms with Gasteiger partial charge in [-0.2, -0.15) is 0 Å². The summed E-state index contributed by atoms with van der Waals surface area (Å²) in [6, 6.07) is 5.89. The minimum atomic E-state index is -0.643. The van der Waals surface area contributed by atoms with Crippen LogP contribution in [0.15, 0.2) is 18.2 Å². The molecule has 2 rings (SSSR count). The van der Waals surface area contributed by atoms with Gasteiger partial charge in [-0.1, -0.05) is 17.7 Å². The lowest BCUT2D eigenvalue weighted by molar-refractivity contribution is -0.130. The summed E-state index contributed by atoms with van der Waals surface area (Å²) >= 11 is 0. The van der Waals surface area contributed by atoms with Gasteiger partial charge in [0.15, 0.2) is 0 Å². The predicted octanol–water partition coefficient (Wildman–Crippen LogP) is 2.31. The van der Waals surface area contributed by atoms with Gasteiger partial charge in [0.2, 0.25) is 5.91 Å². The van der Waals surface area contributed by atoms with Crippen LogP contribution in [-0.2, 0) is 11.2 Å². The highest BCUT2D eigenvalue weighted by molar-refractivity contribution is 5.79. The number of benzene rings is 1. The number of hydrogen-bond donors (Lipinski definition) is 1. The van der Waals surface area contributed by atoms with Gasteiger partial charge < -0.3 is 14.7 Å². The molecule has 0 spiro atoms. The molecule has 1 atom stereocenters. The predicted molar refractivity (Wildman–Crippen MR) is 82.5 cm³/mol. The molecule has 0 bridgehead atoms. The first-order valence-corrected chi connectivity index (χ1v) is 7.55. The maximum Gasteiger partial charge on any atom is 0.227 e. The summed E-state index contributed by atoms with van der Waals surface area (Å²) in [6.45, 7) is 5.21. The average molecular weight is 291 g/mol. The van der Waals surface area contributed by atoms with E-state index in [2.05, 4.69) is 0 Å². The van der Waals surface area contributed by atoms with E-state index in [0.29, 0.717) is 19.4 Å². The number of aryl methyl sites for hydroxylation is 1. The number of amides is 1. The second-order valence-corrected chi connectivity index (χ2v) is 6.22. The number of carbonyl (C=O) groups excluding carboxylic acids is 1. The summed E-state index contributed by atoms with van der Waals surface area (Å²) < 4.78 is 5.34. The summed E-state index contributed by atoms with van der Waals surface area (Å²) in [4.78, 5) is 14.4. The van der Waals surface area contributed by atoms with Crippen LogP contribution in [0.2, 0.25) is 0 Å². The van der Waals surface area contributed by atoms with E-state index in [1.807, 2.05) is 36.9 Å². The Hall–Kier alpha value is -1.55. The fourth-order valence-electron chi connectivity index (χ4n) is 2.83. The van der Waals surface area contributed by atoms with Gasteiger partial charge >= 0.3 is 0 Å². The molecule has 1 aromatic carbocycles. The molecule has 1 amide bonds. The minimum absolute atomic E-state index is 0.108. The van der Waals surface area contributed by atoms with Crippen LogP contribution in [0.4, 0.5) is 0 Å². The van der Waals surface area contributed by atoms with Gasteiger partial charge in [-0.3, -0.25) is 4.79 Å². The zero-order valence-corrected chi connectivity index (χ0v) is 13.2.